The van der Waals surface area contributed by atoms with Gasteiger partial charge < -0.3 is 10.2 Å². The summed E-state index contributed by atoms with van der Waals surface area (Å²) in [6.45, 7) is 2.11. The Morgan fingerprint density at radius 2 is 2.29 bits per heavy atom. The highest BCUT2D eigenvalue weighted by atomic mass is 15.2. The molecule has 1 aromatic carbocycles. The molecule has 0 aromatic heterocycles. The summed E-state index contributed by atoms with van der Waals surface area (Å²) in [6.07, 6.45) is 3.62. The van der Waals surface area contributed by atoms with Crippen LogP contribution in [-0.2, 0) is 0 Å². The van der Waals surface area contributed by atoms with Crippen molar-refractivity contribution in [2.45, 2.75) is 25.3 Å². The molecule has 0 spiro atoms. The maximum absolute atomic E-state index is 9.15. The molecule has 1 atom stereocenters. The van der Waals surface area contributed by atoms with E-state index in [0.29, 0.717) is 6.04 Å². The Kier molecular flexibility index (Phi) is 4.00. The molecule has 1 aliphatic rings. The zero-order chi connectivity index (χ0) is 12.1. The highest BCUT2D eigenvalue weighted by Gasteiger charge is 2.25. The summed E-state index contributed by atoms with van der Waals surface area (Å²) in [4.78, 5) is 2.40. The van der Waals surface area contributed by atoms with Gasteiger partial charge in [0.1, 0.15) is 6.07 Å². The Morgan fingerprint density at radius 3 is 3.06 bits per heavy atom. The fourth-order valence-corrected chi connectivity index (χ4v) is 2.58. The molecule has 1 aliphatic heterocycles. The summed E-state index contributed by atoms with van der Waals surface area (Å²) < 4.78 is 0. The summed E-state index contributed by atoms with van der Waals surface area (Å²) in [7, 11) is 1.99. The first-order valence-corrected chi connectivity index (χ1v) is 6.27. The van der Waals surface area contributed by atoms with Crippen molar-refractivity contribution in [3.05, 3.63) is 29.8 Å². The van der Waals surface area contributed by atoms with Crippen LogP contribution in [0.15, 0.2) is 24.3 Å². The van der Waals surface area contributed by atoms with Crippen LogP contribution < -0.4 is 10.2 Å². The molecule has 0 radical (unpaired) electrons. The quantitative estimate of drug-likeness (QED) is 0.859. The maximum Gasteiger partial charge on any atom is 0.101 e. The van der Waals surface area contributed by atoms with Crippen molar-refractivity contribution in [3.8, 4) is 6.07 Å². The first-order chi connectivity index (χ1) is 8.36. The fraction of sp³-hybridized carbons (Fsp3) is 0.500. The van der Waals surface area contributed by atoms with Crippen molar-refractivity contribution >= 4 is 5.69 Å². The van der Waals surface area contributed by atoms with E-state index in [0.717, 1.165) is 30.8 Å². The van der Waals surface area contributed by atoms with Crippen LogP contribution in [-0.4, -0.2) is 26.2 Å². The maximum atomic E-state index is 9.15. The molecule has 1 saturated heterocycles. The second-order valence-electron chi connectivity index (χ2n) is 4.51. The van der Waals surface area contributed by atoms with Crippen molar-refractivity contribution < 1.29 is 0 Å². The summed E-state index contributed by atoms with van der Waals surface area (Å²) >= 11 is 0. The number of nitriles is 1. The monoisotopic (exact) mass is 229 g/mol. The van der Waals surface area contributed by atoms with Gasteiger partial charge in [-0.25, -0.2) is 0 Å². The molecule has 17 heavy (non-hydrogen) atoms. The lowest BCUT2D eigenvalue weighted by atomic mass is 10.1. The minimum Gasteiger partial charge on any atom is -0.367 e. The largest absolute Gasteiger partial charge is 0.367 e. The Hall–Kier alpha value is -1.53. The Labute approximate surface area is 103 Å². The third-order valence-corrected chi connectivity index (χ3v) is 3.44. The van der Waals surface area contributed by atoms with E-state index in [1.807, 2.05) is 25.2 Å². The van der Waals surface area contributed by atoms with Crippen molar-refractivity contribution in [2.75, 3.05) is 25.0 Å². The highest BCUT2D eigenvalue weighted by Crippen LogP contribution is 2.29. The summed E-state index contributed by atoms with van der Waals surface area (Å²) in [5, 5.41) is 12.4. The molecule has 1 fully saturated rings. The molecule has 1 unspecified atom stereocenters. The summed E-state index contributed by atoms with van der Waals surface area (Å²) in [5.74, 6) is 0. The van der Waals surface area contributed by atoms with Crippen LogP contribution in [0.4, 0.5) is 5.69 Å². The predicted octanol–water partition coefficient (Wildman–Crippen LogP) is 2.14. The van der Waals surface area contributed by atoms with Gasteiger partial charge in [0.15, 0.2) is 0 Å². The van der Waals surface area contributed by atoms with Crippen molar-refractivity contribution in [1.29, 1.82) is 5.26 Å². The smallest absolute Gasteiger partial charge is 0.101 e. The van der Waals surface area contributed by atoms with Crippen LogP contribution in [0, 0.1) is 11.3 Å². The molecular formula is C14H19N3. The van der Waals surface area contributed by atoms with Crippen LogP contribution in [0.5, 0.6) is 0 Å². The van der Waals surface area contributed by atoms with E-state index in [1.54, 1.807) is 0 Å². The van der Waals surface area contributed by atoms with E-state index >= 15 is 0 Å². The van der Waals surface area contributed by atoms with Crippen LogP contribution in [0.3, 0.4) is 0 Å². The van der Waals surface area contributed by atoms with Crippen LogP contribution in [0.1, 0.15) is 24.8 Å². The van der Waals surface area contributed by atoms with E-state index in [9.17, 15) is 0 Å². The van der Waals surface area contributed by atoms with Gasteiger partial charge in [-0.1, -0.05) is 12.1 Å². The first kappa shape index (κ1) is 11.9. The lowest BCUT2D eigenvalue weighted by molar-refractivity contribution is 0.585. The molecule has 1 heterocycles. The lowest BCUT2D eigenvalue weighted by Gasteiger charge is -2.27. The molecule has 0 aliphatic carbocycles. The third-order valence-electron chi connectivity index (χ3n) is 3.44. The van der Waals surface area contributed by atoms with E-state index in [2.05, 4.69) is 22.4 Å². The number of hydrogen-bond acceptors (Lipinski definition) is 3. The normalized spacial score (nSPS) is 19.3. The van der Waals surface area contributed by atoms with Gasteiger partial charge in [-0.05, 0) is 45.0 Å². The summed E-state index contributed by atoms with van der Waals surface area (Å²) in [5.41, 5.74) is 1.90. The van der Waals surface area contributed by atoms with E-state index in [4.69, 9.17) is 5.26 Å². The molecule has 0 amide bonds. The van der Waals surface area contributed by atoms with E-state index in [-0.39, 0.29) is 0 Å². The van der Waals surface area contributed by atoms with Crippen molar-refractivity contribution in [2.24, 2.45) is 0 Å². The summed E-state index contributed by atoms with van der Waals surface area (Å²) in [6, 6.07) is 10.8. The number of benzene rings is 1. The van der Waals surface area contributed by atoms with E-state index < -0.39 is 0 Å². The molecule has 1 N–H and O–H groups in total. The van der Waals surface area contributed by atoms with Crippen molar-refractivity contribution in [3.63, 3.8) is 0 Å². The Balaban J connectivity index is 2.17. The SMILES string of the molecule is CNCCC1CCCN1c1ccccc1C#N. The third kappa shape index (κ3) is 2.59. The number of nitrogens with one attached hydrogen (secondary N) is 1. The zero-order valence-corrected chi connectivity index (χ0v) is 10.3. The average molecular weight is 229 g/mol. The number of rotatable bonds is 4. The first-order valence-electron chi connectivity index (χ1n) is 6.27. The topological polar surface area (TPSA) is 39.1 Å². The average Bonchev–Trinajstić information content (AvgIpc) is 2.84. The minimum atomic E-state index is 0.581. The number of nitrogens with zero attached hydrogens (tertiary/aromatic N) is 2. The van der Waals surface area contributed by atoms with Gasteiger partial charge in [0.05, 0.1) is 11.3 Å². The van der Waals surface area contributed by atoms with E-state index in [1.165, 1.54) is 12.8 Å². The number of para-hydroxylation sites is 1. The zero-order valence-electron chi connectivity index (χ0n) is 10.3. The van der Waals surface area contributed by atoms with Gasteiger partial charge >= 0.3 is 0 Å². The molecule has 1 aromatic rings. The standard InChI is InChI=1S/C14H19N3/c1-16-9-8-13-6-4-10-17(13)14-7-3-2-5-12(14)11-15/h2-3,5,7,13,16H,4,6,8-10H2,1H3. The molecular weight excluding hydrogens is 210 g/mol. The van der Waals surface area contributed by atoms with Gasteiger partial charge in [0.25, 0.3) is 0 Å². The van der Waals surface area contributed by atoms with Crippen molar-refractivity contribution in [1.82, 2.24) is 5.32 Å². The highest BCUT2D eigenvalue weighted by molar-refractivity contribution is 5.60. The van der Waals surface area contributed by atoms with Gasteiger partial charge in [0.2, 0.25) is 0 Å². The second kappa shape index (κ2) is 5.70. The molecule has 90 valence electrons. The van der Waals surface area contributed by atoms with Gasteiger partial charge in [0, 0.05) is 12.6 Å². The van der Waals surface area contributed by atoms with Gasteiger partial charge in [-0.15, -0.1) is 0 Å². The second-order valence-corrected chi connectivity index (χ2v) is 4.51. The molecule has 2 rings (SSSR count). The molecule has 0 bridgehead atoms. The fourth-order valence-electron chi connectivity index (χ4n) is 2.58. The predicted molar refractivity (Wildman–Crippen MR) is 70.1 cm³/mol. The van der Waals surface area contributed by atoms with Crippen LogP contribution in [0.25, 0.3) is 0 Å². The van der Waals surface area contributed by atoms with Gasteiger partial charge in [-0.3, -0.25) is 0 Å². The molecule has 0 saturated carbocycles. The lowest BCUT2D eigenvalue weighted by Crippen LogP contribution is -2.32. The molecule has 3 heteroatoms. The minimum absolute atomic E-state index is 0.581. The number of hydrogen-bond donors (Lipinski definition) is 1. The van der Waals surface area contributed by atoms with Crippen LogP contribution in [0.2, 0.25) is 0 Å². The van der Waals surface area contributed by atoms with Gasteiger partial charge in [-0.2, -0.15) is 5.26 Å². The Morgan fingerprint density at radius 1 is 1.47 bits per heavy atom. The number of anilines is 1. The molecule has 3 nitrogen and oxygen atoms in total. The Bertz CT molecular complexity index is 408. The van der Waals surface area contributed by atoms with Crippen LogP contribution >= 0.6 is 0 Å².